The van der Waals surface area contributed by atoms with E-state index >= 15 is 0 Å². The van der Waals surface area contributed by atoms with Gasteiger partial charge in [-0.3, -0.25) is 0 Å². The molecule has 2 nitrogen and oxygen atoms in total. The minimum atomic E-state index is 0.835. The van der Waals surface area contributed by atoms with Crippen LogP contribution in [0.5, 0.6) is 0 Å². The van der Waals surface area contributed by atoms with Crippen LogP contribution in [0.3, 0.4) is 0 Å². The third-order valence-corrected chi connectivity index (χ3v) is 4.03. The molecule has 3 rings (SSSR count). The van der Waals surface area contributed by atoms with E-state index in [-0.39, 0.29) is 0 Å². The van der Waals surface area contributed by atoms with Crippen molar-refractivity contribution in [3.63, 3.8) is 0 Å². The van der Waals surface area contributed by atoms with Crippen LogP contribution in [0.4, 0.5) is 11.4 Å². The molecule has 0 aliphatic carbocycles. The lowest BCUT2D eigenvalue weighted by atomic mass is 10.1. The van der Waals surface area contributed by atoms with Crippen molar-refractivity contribution in [1.29, 1.82) is 0 Å². The minimum absolute atomic E-state index is 0.835. The van der Waals surface area contributed by atoms with Gasteiger partial charge in [-0.2, -0.15) is 0 Å². The number of rotatable bonds is 3. The number of nitrogens with zero attached hydrogens (tertiary/aromatic N) is 1. The van der Waals surface area contributed by atoms with Gasteiger partial charge >= 0.3 is 0 Å². The monoisotopic (exact) mass is 364 g/mol. The van der Waals surface area contributed by atoms with Crippen LogP contribution >= 0.6 is 15.9 Å². The molecule has 3 aromatic carbocycles. The highest BCUT2D eigenvalue weighted by Crippen LogP contribution is 2.21. The first kappa shape index (κ1) is 15.5. The first-order valence-electron chi connectivity index (χ1n) is 7.45. The number of para-hydroxylation sites is 1. The third-order valence-electron chi connectivity index (χ3n) is 3.50. The fourth-order valence-corrected chi connectivity index (χ4v) is 2.50. The molecule has 0 aliphatic heterocycles. The first-order valence-corrected chi connectivity index (χ1v) is 8.24. The van der Waals surface area contributed by atoms with Gasteiger partial charge in [0.15, 0.2) is 0 Å². The second-order valence-corrected chi connectivity index (χ2v) is 6.16. The molecule has 0 unspecified atom stereocenters. The van der Waals surface area contributed by atoms with Crippen molar-refractivity contribution in [2.75, 3.05) is 5.32 Å². The Hall–Kier alpha value is -2.39. The summed E-state index contributed by atoms with van der Waals surface area (Å²) in [5, 5.41) is 3.43. The predicted molar refractivity (Wildman–Crippen MR) is 102 cm³/mol. The van der Waals surface area contributed by atoms with Crippen molar-refractivity contribution in [3.8, 4) is 0 Å². The molecular formula is C20H17BrN2. The van der Waals surface area contributed by atoms with Gasteiger partial charge < -0.3 is 5.32 Å². The number of aliphatic imine (C=N–C) groups is 1. The standard InChI is InChI=1S/C20H17BrN2/c1-15-7-5-6-10-19(15)23-20(16-8-3-2-4-9-16)22-18-13-11-17(21)12-14-18/h2-14H,1H3,(H,22,23). The van der Waals surface area contributed by atoms with E-state index in [0.717, 1.165) is 32.8 Å². The third kappa shape index (κ3) is 4.08. The zero-order valence-electron chi connectivity index (χ0n) is 12.8. The molecule has 3 aromatic rings. The van der Waals surface area contributed by atoms with Gasteiger partial charge in [-0.25, -0.2) is 4.99 Å². The molecule has 0 heterocycles. The van der Waals surface area contributed by atoms with Gasteiger partial charge in [0.1, 0.15) is 5.84 Å². The Morgan fingerprint density at radius 3 is 2.17 bits per heavy atom. The lowest BCUT2D eigenvalue weighted by Gasteiger charge is -2.11. The van der Waals surface area contributed by atoms with E-state index in [1.54, 1.807) is 0 Å². The van der Waals surface area contributed by atoms with E-state index in [1.807, 2.05) is 60.7 Å². The van der Waals surface area contributed by atoms with Gasteiger partial charge in [0.05, 0.1) is 5.69 Å². The number of nitrogens with one attached hydrogen (secondary N) is 1. The number of anilines is 1. The van der Waals surface area contributed by atoms with E-state index < -0.39 is 0 Å². The smallest absolute Gasteiger partial charge is 0.138 e. The molecule has 0 fully saturated rings. The van der Waals surface area contributed by atoms with Crippen molar-refractivity contribution in [2.24, 2.45) is 4.99 Å². The first-order chi connectivity index (χ1) is 11.2. The number of benzene rings is 3. The Balaban J connectivity index is 2.00. The lowest BCUT2D eigenvalue weighted by Crippen LogP contribution is -2.13. The van der Waals surface area contributed by atoms with Crippen molar-refractivity contribution < 1.29 is 0 Å². The summed E-state index contributed by atoms with van der Waals surface area (Å²) in [6.45, 7) is 2.07. The fraction of sp³-hybridized carbons (Fsp3) is 0.0500. The van der Waals surface area contributed by atoms with Gasteiger partial charge in [-0.1, -0.05) is 64.5 Å². The highest BCUT2D eigenvalue weighted by molar-refractivity contribution is 9.10. The molecule has 23 heavy (non-hydrogen) atoms. The Morgan fingerprint density at radius 2 is 1.48 bits per heavy atom. The predicted octanol–water partition coefficient (Wildman–Crippen LogP) is 5.95. The average Bonchev–Trinajstić information content (AvgIpc) is 2.59. The molecule has 0 saturated carbocycles. The average molecular weight is 365 g/mol. The Kier molecular flexibility index (Phi) is 4.89. The Morgan fingerprint density at radius 1 is 0.826 bits per heavy atom. The quantitative estimate of drug-likeness (QED) is 0.450. The summed E-state index contributed by atoms with van der Waals surface area (Å²) in [7, 11) is 0. The second-order valence-electron chi connectivity index (χ2n) is 5.24. The Labute approximate surface area is 145 Å². The highest BCUT2D eigenvalue weighted by atomic mass is 79.9. The molecule has 114 valence electrons. The molecule has 0 bridgehead atoms. The van der Waals surface area contributed by atoms with E-state index in [0.29, 0.717) is 0 Å². The summed E-state index contributed by atoms with van der Waals surface area (Å²) in [6.07, 6.45) is 0. The normalized spacial score (nSPS) is 11.3. The second kappa shape index (κ2) is 7.25. The molecule has 0 atom stereocenters. The number of hydrogen-bond donors (Lipinski definition) is 1. The van der Waals surface area contributed by atoms with E-state index in [9.17, 15) is 0 Å². The number of hydrogen-bond acceptors (Lipinski definition) is 1. The summed E-state index contributed by atoms with van der Waals surface area (Å²) in [6, 6.07) is 26.4. The van der Waals surface area contributed by atoms with Gasteiger partial charge in [-0.15, -0.1) is 0 Å². The van der Waals surface area contributed by atoms with E-state index in [2.05, 4.69) is 46.4 Å². The number of aryl methyl sites for hydroxylation is 1. The van der Waals surface area contributed by atoms with Gasteiger partial charge in [-0.05, 0) is 42.8 Å². The number of amidine groups is 1. The molecule has 0 saturated heterocycles. The Bertz CT molecular complexity index is 809. The van der Waals surface area contributed by atoms with Crippen LogP contribution in [0.15, 0.2) is 88.3 Å². The SMILES string of the molecule is Cc1ccccc1N=C(Nc1ccc(Br)cc1)c1ccccc1. The van der Waals surface area contributed by atoms with E-state index in [4.69, 9.17) is 4.99 Å². The molecule has 3 heteroatoms. The maximum absolute atomic E-state index is 4.84. The van der Waals surface area contributed by atoms with Crippen LogP contribution in [-0.4, -0.2) is 5.84 Å². The zero-order valence-corrected chi connectivity index (χ0v) is 14.4. The van der Waals surface area contributed by atoms with Crippen LogP contribution < -0.4 is 5.32 Å². The van der Waals surface area contributed by atoms with Crippen molar-refractivity contribution in [2.45, 2.75) is 6.92 Å². The summed E-state index contributed by atoms with van der Waals surface area (Å²) in [4.78, 5) is 4.84. The molecule has 0 radical (unpaired) electrons. The molecule has 1 N–H and O–H groups in total. The van der Waals surface area contributed by atoms with E-state index in [1.165, 1.54) is 0 Å². The van der Waals surface area contributed by atoms with Crippen LogP contribution in [0.2, 0.25) is 0 Å². The molecule has 0 aliphatic rings. The van der Waals surface area contributed by atoms with Crippen LogP contribution in [0.25, 0.3) is 0 Å². The molecule has 0 aromatic heterocycles. The topological polar surface area (TPSA) is 24.4 Å². The van der Waals surface area contributed by atoms with Crippen LogP contribution in [0.1, 0.15) is 11.1 Å². The molecule has 0 amide bonds. The summed E-state index contributed by atoms with van der Waals surface area (Å²) >= 11 is 3.46. The molecule has 0 spiro atoms. The minimum Gasteiger partial charge on any atom is -0.340 e. The maximum atomic E-state index is 4.84. The van der Waals surface area contributed by atoms with Gasteiger partial charge in [0, 0.05) is 15.7 Å². The van der Waals surface area contributed by atoms with Crippen molar-refractivity contribution in [3.05, 3.63) is 94.5 Å². The summed E-state index contributed by atoms with van der Waals surface area (Å²) in [5.74, 6) is 0.835. The molecular weight excluding hydrogens is 348 g/mol. The van der Waals surface area contributed by atoms with Crippen LogP contribution in [-0.2, 0) is 0 Å². The van der Waals surface area contributed by atoms with Gasteiger partial charge in [0.25, 0.3) is 0 Å². The summed E-state index contributed by atoms with van der Waals surface area (Å²) in [5.41, 5.74) is 4.18. The lowest BCUT2D eigenvalue weighted by molar-refractivity contribution is 1.38. The largest absolute Gasteiger partial charge is 0.340 e. The maximum Gasteiger partial charge on any atom is 0.138 e. The van der Waals surface area contributed by atoms with Crippen molar-refractivity contribution in [1.82, 2.24) is 0 Å². The zero-order chi connectivity index (χ0) is 16.1. The van der Waals surface area contributed by atoms with Crippen molar-refractivity contribution >= 4 is 33.1 Å². The highest BCUT2D eigenvalue weighted by Gasteiger charge is 2.05. The summed E-state index contributed by atoms with van der Waals surface area (Å²) < 4.78 is 1.06. The fourth-order valence-electron chi connectivity index (χ4n) is 2.24. The number of halogens is 1. The van der Waals surface area contributed by atoms with Crippen LogP contribution in [0, 0.1) is 6.92 Å². The van der Waals surface area contributed by atoms with Gasteiger partial charge in [0.2, 0.25) is 0 Å².